The predicted octanol–water partition coefficient (Wildman–Crippen LogP) is 2.95. The third kappa shape index (κ3) is 4.17. The smallest absolute Gasteiger partial charge is 0.276 e. The Hall–Kier alpha value is -2.91. The van der Waals surface area contributed by atoms with Gasteiger partial charge < -0.3 is 9.73 Å². The van der Waals surface area contributed by atoms with Crippen molar-refractivity contribution in [2.45, 2.75) is 30.9 Å². The fourth-order valence-electron chi connectivity index (χ4n) is 3.64. The number of carbonyl (C=O) groups is 1. The molecule has 4 rings (SSSR count). The highest BCUT2D eigenvalue weighted by Gasteiger charge is 2.34. The molecule has 3 heterocycles. The Morgan fingerprint density at radius 3 is 2.57 bits per heavy atom. The highest BCUT2D eigenvalue weighted by atomic mass is 32.2. The number of aromatic amines is 1. The molecular weight excluding hydrogens is 404 g/mol. The van der Waals surface area contributed by atoms with E-state index in [9.17, 15) is 13.2 Å². The van der Waals surface area contributed by atoms with Gasteiger partial charge in [0.15, 0.2) is 5.76 Å². The summed E-state index contributed by atoms with van der Waals surface area (Å²) in [4.78, 5) is 12.6. The zero-order chi connectivity index (χ0) is 21.1. The van der Waals surface area contributed by atoms with Crippen molar-refractivity contribution in [3.63, 3.8) is 0 Å². The number of piperidine rings is 1. The normalized spacial score (nSPS) is 17.0. The van der Waals surface area contributed by atoms with Crippen LogP contribution < -0.4 is 5.32 Å². The molecule has 0 bridgehead atoms. The first-order valence-corrected chi connectivity index (χ1v) is 11.3. The Kier molecular flexibility index (Phi) is 5.74. The molecule has 0 aliphatic carbocycles. The van der Waals surface area contributed by atoms with Gasteiger partial charge in [-0.05, 0) is 43.5 Å². The Labute approximate surface area is 175 Å². The number of carbonyl (C=O) groups excluding carboxylic acids is 1. The third-order valence-electron chi connectivity index (χ3n) is 5.42. The van der Waals surface area contributed by atoms with Gasteiger partial charge in [0, 0.05) is 25.2 Å². The van der Waals surface area contributed by atoms with Crippen molar-refractivity contribution in [1.29, 1.82) is 0 Å². The summed E-state index contributed by atoms with van der Waals surface area (Å²) in [5.41, 5.74) is 1.65. The van der Waals surface area contributed by atoms with Crippen LogP contribution in [-0.4, -0.2) is 41.9 Å². The van der Waals surface area contributed by atoms with Gasteiger partial charge >= 0.3 is 0 Å². The van der Waals surface area contributed by atoms with E-state index >= 15 is 0 Å². The molecule has 1 atom stereocenters. The zero-order valence-electron chi connectivity index (χ0n) is 16.6. The molecule has 2 aromatic heterocycles. The van der Waals surface area contributed by atoms with Gasteiger partial charge in [0.25, 0.3) is 10.0 Å². The minimum atomic E-state index is -3.75. The molecule has 0 unspecified atom stereocenters. The molecule has 0 saturated carbocycles. The van der Waals surface area contributed by atoms with Crippen molar-refractivity contribution in [3.8, 4) is 11.5 Å². The second-order valence-electron chi connectivity index (χ2n) is 7.41. The summed E-state index contributed by atoms with van der Waals surface area (Å²) < 4.78 is 32.8. The Balaban J connectivity index is 1.36. The van der Waals surface area contributed by atoms with Crippen LogP contribution in [0.5, 0.6) is 0 Å². The standard InChI is InChI=1S/C21H24N4O4S/c1-15(16-5-3-2-4-6-16)23-21(26)17-10-13-25(14-11-17)30(27,28)20-8-7-19(29-20)18-9-12-22-24-18/h2-9,12,15,17H,10-11,13-14H2,1H3,(H,22,24)(H,23,26)/t15-/m1/s1. The number of amides is 1. The number of hydrogen-bond donors (Lipinski definition) is 2. The molecule has 0 radical (unpaired) electrons. The van der Waals surface area contributed by atoms with Gasteiger partial charge in [0.1, 0.15) is 5.69 Å². The van der Waals surface area contributed by atoms with Crippen LogP contribution >= 0.6 is 0 Å². The molecule has 3 aromatic rings. The summed E-state index contributed by atoms with van der Waals surface area (Å²) in [5, 5.41) is 9.52. The molecule has 158 valence electrons. The summed E-state index contributed by atoms with van der Waals surface area (Å²) in [6.45, 7) is 2.50. The van der Waals surface area contributed by atoms with Gasteiger partial charge in [-0.2, -0.15) is 9.40 Å². The lowest BCUT2D eigenvalue weighted by molar-refractivity contribution is -0.126. The topological polar surface area (TPSA) is 108 Å². The number of aromatic nitrogens is 2. The van der Waals surface area contributed by atoms with E-state index in [-0.39, 0.29) is 36.0 Å². The highest BCUT2D eigenvalue weighted by Crippen LogP contribution is 2.28. The van der Waals surface area contributed by atoms with Crippen molar-refractivity contribution in [2.75, 3.05) is 13.1 Å². The molecule has 1 amide bonds. The van der Waals surface area contributed by atoms with Crippen LogP contribution in [0.15, 0.2) is 64.2 Å². The van der Waals surface area contributed by atoms with E-state index < -0.39 is 10.0 Å². The van der Waals surface area contributed by atoms with E-state index in [0.29, 0.717) is 24.3 Å². The number of H-pyrrole nitrogens is 1. The molecule has 1 aliphatic heterocycles. The van der Waals surface area contributed by atoms with Crippen LogP contribution in [0, 0.1) is 5.92 Å². The molecule has 1 fully saturated rings. The quantitative estimate of drug-likeness (QED) is 0.628. The molecule has 1 aliphatic rings. The van der Waals surface area contributed by atoms with Crippen molar-refractivity contribution < 1.29 is 17.6 Å². The summed E-state index contributed by atoms with van der Waals surface area (Å²) in [7, 11) is -3.75. The molecule has 0 spiro atoms. The summed E-state index contributed by atoms with van der Waals surface area (Å²) in [6, 6.07) is 14.4. The summed E-state index contributed by atoms with van der Waals surface area (Å²) in [5.74, 6) is 0.165. The molecular formula is C21H24N4O4S. The molecule has 2 N–H and O–H groups in total. The maximum Gasteiger partial charge on any atom is 0.276 e. The van der Waals surface area contributed by atoms with E-state index in [1.54, 1.807) is 18.3 Å². The fourth-order valence-corrected chi connectivity index (χ4v) is 5.02. The van der Waals surface area contributed by atoms with Crippen molar-refractivity contribution in [2.24, 2.45) is 5.92 Å². The molecule has 8 nitrogen and oxygen atoms in total. The predicted molar refractivity (Wildman–Crippen MR) is 111 cm³/mol. The minimum Gasteiger partial charge on any atom is -0.442 e. The second-order valence-corrected chi connectivity index (χ2v) is 9.28. The first kappa shape index (κ1) is 20.4. The maximum atomic E-state index is 12.9. The number of nitrogens with one attached hydrogen (secondary N) is 2. The van der Waals surface area contributed by atoms with E-state index in [0.717, 1.165) is 5.56 Å². The molecule has 9 heteroatoms. The number of sulfonamides is 1. The maximum absolute atomic E-state index is 12.9. The van der Waals surface area contributed by atoms with Gasteiger partial charge in [-0.15, -0.1) is 0 Å². The first-order valence-electron chi connectivity index (χ1n) is 9.90. The van der Waals surface area contributed by atoms with Crippen LogP contribution in [0.1, 0.15) is 31.4 Å². The van der Waals surface area contributed by atoms with Crippen LogP contribution in [0.2, 0.25) is 0 Å². The van der Waals surface area contributed by atoms with Crippen molar-refractivity contribution in [1.82, 2.24) is 19.8 Å². The van der Waals surface area contributed by atoms with E-state index in [1.807, 2.05) is 37.3 Å². The lowest BCUT2D eigenvalue weighted by atomic mass is 9.96. The Morgan fingerprint density at radius 1 is 1.17 bits per heavy atom. The number of rotatable bonds is 6. The van der Waals surface area contributed by atoms with Gasteiger partial charge in [-0.3, -0.25) is 9.89 Å². The number of benzene rings is 1. The summed E-state index contributed by atoms with van der Waals surface area (Å²) >= 11 is 0. The van der Waals surface area contributed by atoms with Crippen molar-refractivity contribution >= 4 is 15.9 Å². The van der Waals surface area contributed by atoms with E-state index in [1.165, 1.54) is 10.4 Å². The molecule has 30 heavy (non-hydrogen) atoms. The molecule has 1 saturated heterocycles. The number of furan rings is 1. The zero-order valence-corrected chi connectivity index (χ0v) is 17.4. The molecule has 1 aromatic carbocycles. The largest absolute Gasteiger partial charge is 0.442 e. The van der Waals surface area contributed by atoms with Crippen LogP contribution in [-0.2, 0) is 14.8 Å². The number of nitrogens with zero attached hydrogens (tertiary/aromatic N) is 2. The number of hydrogen-bond acceptors (Lipinski definition) is 5. The van der Waals surface area contributed by atoms with Gasteiger partial charge in [-0.1, -0.05) is 30.3 Å². The summed E-state index contributed by atoms with van der Waals surface area (Å²) in [6.07, 6.45) is 2.52. The monoisotopic (exact) mass is 428 g/mol. The van der Waals surface area contributed by atoms with E-state index in [2.05, 4.69) is 15.5 Å². The van der Waals surface area contributed by atoms with E-state index in [4.69, 9.17) is 4.42 Å². The van der Waals surface area contributed by atoms with Gasteiger partial charge in [-0.25, -0.2) is 8.42 Å². The van der Waals surface area contributed by atoms with Crippen LogP contribution in [0.3, 0.4) is 0 Å². The second kappa shape index (κ2) is 8.45. The average Bonchev–Trinajstić information content (AvgIpc) is 3.46. The fraction of sp³-hybridized carbons (Fsp3) is 0.333. The highest BCUT2D eigenvalue weighted by molar-refractivity contribution is 7.89. The lowest BCUT2D eigenvalue weighted by Gasteiger charge is -2.30. The third-order valence-corrected chi connectivity index (χ3v) is 7.20. The minimum absolute atomic E-state index is 0.0390. The lowest BCUT2D eigenvalue weighted by Crippen LogP contribution is -2.43. The average molecular weight is 429 g/mol. The van der Waals surface area contributed by atoms with Gasteiger partial charge in [0.2, 0.25) is 11.0 Å². The SMILES string of the molecule is C[C@@H](NC(=O)C1CCN(S(=O)(=O)c2ccc(-c3ccn[nH]3)o2)CC1)c1ccccc1. The Bertz CT molecular complexity index is 1090. The first-order chi connectivity index (χ1) is 14.4. The Morgan fingerprint density at radius 2 is 1.90 bits per heavy atom. The van der Waals surface area contributed by atoms with Crippen molar-refractivity contribution in [3.05, 3.63) is 60.3 Å². The van der Waals surface area contributed by atoms with Gasteiger partial charge in [0.05, 0.1) is 6.04 Å². The van der Waals surface area contributed by atoms with Crippen LogP contribution in [0.4, 0.5) is 0 Å². The van der Waals surface area contributed by atoms with Crippen LogP contribution in [0.25, 0.3) is 11.5 Å².